The number of rotatable bonds is 3. The van der Waals surface area contributed by atoms with Gasteiger partial charge in [0, 0.05) is 16.8 Å². The van der Waals surface area contributed by atoms with Crippen LogP contribution in [0.4, 0.5) is 0 Å². The molecule has 18 heavy (non-hydrogen) atoms. The van der Waals surface area contributed by atoms with Crippen LogP contribution in [0.5, 0.6) is 0 Å². The molecule has 0 atom stereocenters. The normalized spacial score (nSPS) is 10.4. The highest BCUT2D eigenvalue weighted by Gasteiger charge is 2.16. The Balaban J connectivity index is 2.48. The molecule has 0 spiro atoms. The van der Waals surface area contributed by atoms with Gasteiger partial charge in [-0.2, -0.15) is 0 Å². The van der Waals surface area contributed by atoms with E-state index in [1.54, 1.807) is 13.1 Å². The maximum Gasteiger partial charge on any atom is 0.355 e. The molecule has 0 aliphatic heterocycles. The number of aromatic nitrogens is 1. The van der Waals surface area contributed by atoms with Crippen molar-refractivity contribution in [3.05, 3.63) is 46.7 Å². The minimum absolute atomic E-state index is 0.350. The minimum Gasteiger partial charge on any atom is -0.461 e. The van der Waals surface area contributed by atoms with Crippen molar-refractivity contribution in [2.24, 2.45) is 0 Å². The van der Waals surface area contributed by atoms with E-state index in [0.717, 1.165) is 16.7 Å². The molecule has 1 N–H and O–H groups in total. The van der Waals surface area contributed by atoms with E-state index >= 15 is 0 Å². The molecule has 0 bridgehead atoms. The van der Waals surface area contributed by atoms with Gasteiger partial charge in [0.05, 0.1) is 6.61 Å². The fourth-order valence-electron chi connectivity index (χ4n) is 1.85. The van der Waals surface area contributed by atoms with E-state index in [9.17, 15) is 4.79 Å². The molecule has 0 aliphatic rings. The number of ether oxygens (including phenoxy) is 1. The minimum atomic E-state index is -0.350. The maximum absolute atomic E-state index is 11.8. The zero-order chi connectivity index (χ0) is 13.1. The zero-order valence-electron chi connectivity index (χ0n) is 10.3. The summed E-state index contributed by atoms with van der Waals surface area (Å²) in [4.78, 5) is 14.7. The molecule has 0 aliphatic carbocycles. The van der Waals surface area contributed by atoms with Gasteiger partial charge in [-0.3, -0.25) is 0 Å². The SMILES string of the molecule is CCOC(=O)c1[nH]ccc1-c1cc(Cl)ccc1C. The number of aromatic amines is 1. The van der Waals surface area contributed by atoms with Gasteiger partial charge in [0.2, 0.25) is 0 Å². The molecule has 3 nitrogen and oxygen atoms in total. The summed E-state index contributed by atoms with van der Waals surface area (Å²) in [7, 11) is 0. The van der Waals surface area contributed by atoms with E-state index in [4.69, 9.17) is 16.3 Å². The number of halogens is 1. The molecule has 0 saturated heterocycles. The molecule has 94 valence electrons. The Morgan fingerprint density at radius 3 is 2.83 bits per heavy atom. The predicted molar refractivity (Wildman–Crippen MR) is 71.9 cm³/mol. The lowest BCUT2D eigenvalue weighted by molar-refractivity contribution is 0.0521. The van der Waals surface area contributed by atoms with Crippen molar-refractivity contribution in [2.45, 2.75) is 13.8 Å². The third-order valence-corrected chi connectivity index (χ3v) is 2.95. The summed E-state index contributed by atoms with van der Waals surface area (Å²) in [6.45, 7) is 4.12. The second-order valence-electron chi connectivity index (χ2n) is 3.95. The molecule has 1 heterocycles. The molecular formula is C14H14ClNO2. The van der Waals surface area contributed by atoms with Gasteiger partial charge >= 0.3 is 5.97 Å². The van der Waals surface area contributed by atoms with Crippen LogP contribution in [0.25, 0.3) is 11.1 Å². The molecule has 2 rings (SSSR count). The number of benzene rings is 1. The first-order valence-electron chi connectivity index (χ1n) is 5.74. The number of H-pyrrole nitrogens is 1. The molecule has 0 saturated carbocycles. The molecule has 1 aromatic carbocycles. The number of nitrogens with one attached hydrogen (secondary N) is 1. The van der Waals surface area contributed by atoms with Crippen molar-refractivity contribution in [1.29, 1.82) is 0 Å². The van der Waals surface area contributed by atoms with Gasteiger partial charge in [-0.05, 0) is 43.2 Å². The van der Waals surface area contributed by atoms with E-state index in [2.05, 4.69) is 4.98 Å². The van der Waals surface area contributed by atoms with E-state index in [0.29, 0.717) is 17.3 Å². The summed E-state index contributed by atoms with van der Waals surface area (Å²) in [6.07, 6.45) is 1.72. The summed E-state index contributed by atoms with van der Waals surface area (Å²) < 4.78 is 5.02. The smallest absolute Gasteiger partial charge is 0.355 e. The first-order valence-corrected chi connectivity index (χ1v) is 6.12. The highest BCUT2D eigenvalue weighted by atomic mass is 35.5. The Morgan fingerprint density at radius 1 is 1.33 bits per heavy atom. The number of carbonyl (C=O) groups excluding carboxylic acids is 1. The average molecular weight is 264 g/mol. The van der Waals surface area contributed by atoms with Gasteiger partial charge in [0.25, 0.3) is 0 Å². The van der Waals surface area contributed by atoms with Crippen molar-refractivity contribution in [3.8, 4) is 11.1 Å². The molecular weight excluding hydrogens is 250 g/mol. The average Bonchev–Trinajstić information content (AvgIpc) is 2.81. The van der Waals surface area contributed by atoms with Crippen LogP contribution in [-0.4, -0.2) is 17.6 Å². The fourth-order valence-corrected chi connectivity index (χ4v) is 2.02. The number of carbonyl (C=O) groups is 1. The monoisotopic (exact) mass is 263 g/mol. The van der Waals surface area contributed by atoms with Crippen LogP contribution < -0.4 is 0 Å². The van der Waals surface area contributed by atoms with E-state index < -0.39 is 0 Å². The highest BCUT2D eigenvalue weighted by molar-refractivity contribution is 6.31. The third kappa shape index (κ3) is 2.41. The summed E-state index contributed by atoms with van der Waals surface area (Å²) in [5.74, 6) is -0.350. The van der Waals surface area contributed by atoms with Gasteiger partial charge in [0.1, 0.15) is 5.69 Å². The fraction of sp³-hybridized carbons (Fsp3) is 0.214. The van der Waals surface area contributed by atoms with Crippen molar-refractivity contribution in [3.63, 3.8) is 0 Å². The molecule has 1 aromatic heterocycles. The Hall–Kier alpha value is -1.74. The standard InChI is InChI=1S/C14H14ClNO2/c1-3-18-14(17)13-11(6-7-16-13)12-8-10(15)5-4-9(12)2/h4-8,16H,3H2,1-2H3. The van der Waals surface area contributed by atoms with E-state index in [1.165, 1.54) is 0 Å². The molecule has 0 fully saturated rings. The van der Waals surface area contributed by atoms with Crippen molar-refractivity contribution in [2.75, 3.05) is 6.61 Å². The Morgan fingerprint density at radius 2 is 2.11 bits per heavy atom. The first kappa shape index (κ1) is 12.7. The van der Waals surface area contributed by atoms with Gasteiger partial charge < -0.3 is 9.72 Å². The van der Waals surface area contributed by atoms with Gasteiger partial charge in [-0.1, -0.05) is 17.7 Å². The van der Waals surface area contributed by atoms with Gasteiger partial charge in [-0.25, -0.2) is 4.79 Å². The lowest BCUT2D eigenvalue weighted by Crippen LogP contribution is -2.06. The molecule has 0 amide bonds. The topological polar surface area (TPSA) is 42.1 Å². The summed E-state index contributed by atoms with van der Waals surface area (Å²) in [5, 5.41) is 0.645. The Labute approximate surface area is 111 Å². The van der Waals surface area contributed by atoms with Crippen LogP contribution in [0.2, 0.25) is 5.02 Å². The Kier molecular flexibility index (Phi) is 3.72. The van der Waals surface area contributed by atoms with E-state index in [-0.39, 0.29) is 5.97 Å². The van der Waals surface area contributed by atoms with Gasteiger partial charge in [0.15, 0.2) is 0 Å². The first-order chi connectivity index (χ1) is 8.63. The van der Waals surface area contributed by atoms with Crippen LogP contribution in [0, 0.1) is 6.92 Å². The lowest BCUT2D eigenvalue weighted by atomic mass is 10.0. The van der Waals surface area contributed by atoms with Crippen molar-refractivity contribution < 1.29 is 9.53 Å². The van der Waals surface area contributed by atoms with Crippen LogP contribution in [0.15, 0.2) is 30.5 Å². The second-order valence-corrected chi connectivity index (χ2v) is 4.38. The summed E-state index contributed by atoms with van der Waals surface area (Å²) in [5.41, 5.74) is 3.27. The molecule has 0 radical (unpaired) electrons. The number of hydrogen-bond acceptors (Lipinski definition) is 2. The summed E-state index contributed by atoms with van der Waals surface area (Å²) >= 11 is 6.00. The lowest BCUT2D eigenvalue weighted by Gasteiger charge is -2.07. The Bertz CT molecular complexity index is 575. The number of esters is 1. The highest BCUT2D eigenvalue weighted by Crippen LogP contribution is 2.29. The predicted octanol–water partition coefficient (Wildman–Crippen LogP) is 3.82. The molecule has 4 heteroatoms. The summed E-state index contributed by atoms with van der Waals surface area (Å²) in [6, 6.07) is 7.46. The maximum atomic E-state index is 11.8. The van der Waals surface area contributed by atoms with Crippen LogP contribution >= 0.6 is 11.6 Å². The van der Waals surface area contributed by atoms with Crippen LogP contribution in [0.3, 0.4) is 0 Å². The van der Waals surface area contributed by atoms with Gasteiger partial charge in [-0.15, -0.1) is 0 Å². The van der Waals surface area contributed by atoms with Crippen LogP contribution in [-0.2, 0) is 4.74 Å². The number of aryl methyl sites for hydroxylation is 1. The third-order valence-electron chi connectivity index (χ3n) is 2.72. The number of hydrogen-bond donors (Lipinski definition) is 1. The second kappa shape index (κ2) is 5.27. The zero-order valence-corrected chi connectivity index (χ0v) is 11.0. The van der Waals surface area contributed by atoms with E-state index in [1.807, 2.05) is 31.2 Å². The molecule has 2 aromatic rings. The van der Waals surface area contributed by atoms with Crippen LogP contribution in [0.1, 0.15) is 23.0 Å². The molecule has 0 unspecified atom stereocenters. The van der Waals surface area contributed by atoms with Crippen molar-refractivity contribution in [1.82, 2.24) is 4.98 Å². The van der Waals surface area contributed by atoms with Crippen molar-refractivity contribution >= 4 is 17.6 Å². The largest absolute Gasteiger partial charge is 0.461 e. The quantitative estimate of drug-likeness (QED) is 0.856.